The van der Waals surface area contributed by atoms with Gasteiger partial charge >= 0.3 is 0 Å². The summed E-state index contributed by atoms with van der Waals surface area (Å²) in [5.74, 6) is -3.05. The Morgan fingerprint density at radius 3 is 2.38 bits per heavy atom. The molecule has 4 rings (SSSR count). The summed E-state index contributed by atoms with van der Waals surface area (Å²) in [5.41, 5.74) is 4.44. The lowest BCUT2D eigenvalue weighted by atomic mass is 10.1. The van der Waals surface area contributed by atoms with Crippen molar-refractivity contribution >= 4 is 29.1 Å². The van der Waals surface area contributed by atoms with Gasteiger partial charge in [-0.05, 0) is 24.3 Å². The molecule has 0 spiro atoms. The predicted octanol–water partition coefficient (Wildman–Crippen LogP) is 5.23. The number of hydrogen-bond acceptors (Lipinski definition) is 4. The summed E-state index contributed by atoms with van der Waals surface area (Å²) >= 11 is 12.4. The first-order chi connectivity index (χ1) is 15.3. The Hall–Kier alpha value is -2.68. The fourth-order valence-corrected chi connectivity index (χ4v) is 3.89. The van der Waals surface area contributed by atoms with Crippen LogP contribution in [0.3, 0.4) is 0 Å². The van der Waals surface area contributed by atoms with Crippen molar-refractivity contribution in [2.45, 2.75) is 18.8 Å². The minimum absolute atomic E-state index is 0.00898. The average molecular weight is 481 g/mol. The Bertz CT molecular complexity index is 1130. The quantitative estimate of drug-likeness (QED) is 0.542. The topological polar surface area (TPSA) is 59.4 Å². The number of benzene rings is 2. The molecule has 0 atom stereocenters. The van der Waals surface area contributed by atoms with Crippen LogP contribution < -0.4 is 10.2 Å². The number of carbonyl (C=O) groups is 1. The first-order valence-electron chi connectivity index (χ1n) is 9.91. The number of para-hydroxylation sites is 1. The number of carbonyl (C=O) groups excluding carboxylic acids is 1. The van der Waals surface area contributed by atoms with Gasteiger partial charge in [-0.1, -0.05) is 47.5 Å². The van der Waals surface area contributed by atoms with Gasteiger partial charge < -0.3 is 4.74 Å². The number of methoxy groups -OCH3 is 1. The van der Waals surface area contributed by atoms with Crippen molar-refractivity contribution < 1.29 is 18.3 Å². The molecule has 1 fully saturated rings. The van der Waals surface area contributed by atoms with E-state index >= 15 is 0 Å². The molecular weight excluding hydrogens is 461 g/mol. The van der Waals surface area contributed by atoms with Crippen molar-refractivity contribution in [2.75, 3.05) is 20.2 Å². The Morgan fingerprint density at radius 2 is 1.75 bits per heavy atom. The van der Waals surface area contributed by atoms with Crippen LogP contribution in [0.2, 0.25) is 10.0 Å². The first-order valence-corrected chi connectivity index (χ1v) is 10.7. The summed E-state index contributed by atoms with van der Waals surface area (Å²) in [5, 5.41) is 6.94. The van der Waals surface area contributed by atoms with E-state index < -0.39 is 11.8 Å². The molecule has 0 unspecified atom stereocenters. The summed E-state index contributed by atoms with van der Waals surface area (Å²) in [7, 11) is 1.44. The highest BCUT2D eigenvalue weighted by Gasteiger charge is 2.35. The second-order valence-electron chi connectivity index (χ2n) is 7.38. The first kappa shape index (κ1) is 22.5. The zero-order chi connectivity index (χ0) is 22.9. The fraction of sp³-hybridized carbons (Fsp3) is 0.273. The van der Waals surface area contributed by atoms with Gasteiger partial charge in [-0.3, -0.25) is 10.2 Å². The maximum absolute atomic E-state index is 13.5. The van der Waals surface area contributed by atoms with E-state index in [0.717, 1.165) is 0 Å². The predicted molar refractivity (Wildman–Crippen MR) is 119 cm³/mol. The van der Waals surface area contributed by atoms with Crippen molar-refractivity contribution in [1.82, 2.24) is 20.2 Å². The van der Waals surface area contributed by atoms with Crippen LogP contribution >= 0.6 is 23.2 Å². The van der Waals surface area contributed by atoms with E-state index in [4.69, 9.17) is 27.9 Å². The van der Waals surface area contributed by atoms with Gasteiger partial charge in [0.1, 0.15) is 5.69 Å². The lowest BCUT2D eigenvalue weighted by Gasteiger charge is -2.31. The molecule has 0 saturated carbocycles. The van der Waals surface area contributed by atoms with E-state index in [-0.39, 0.29) is 37.4 Å². The zero-order valence-electron chi connectivity index (χ0n) is 17.1. The molecule has 1 aliphatic heterocycles. The van der Waals surface area contributed by atoms with Gasteiger partial charge in [-0.2, -0.15) is 5.10 Å². The van der Waals surface area contributed by atoms with E-state index in [1.165, 1.54) is 16.8 Å². The van der Waals surface area contributed by atoms with Gasteiger partial charge in [0.05, 0.1) is 17.8 Å². The Morgan fingerprint density at radius 1 is 1.09 bits per heavy atom. The van der Waals surface area contributed by atoms with Crippen LogP contribution in [0.15, 0.2) is 48.5 Å². The highest BCUT2D eigenvalue weighted by molar-refractivity contribution is 6.32. The van der Waals surface area contributed by atoms with E-state index in [0.29, 0.717) is 27.0 Å². The van der Waals surface area contributed by atoms with Crippen molar-refractivity contribution in [2.24, 2.45) is 0 Å². The molecule has 168 valence electrons. The Kier molecular flexibility index (Phi) is 6.37. The van der Waals surface area contributed by atoms with Crippen LogP contribution in [0, 0.1) is 0 Å². The summed E-state index contributed by atoms with van der Waals surface area (Å²) in [6.07, 6.45) is -0.650. The number of piperidine rings is 1. The van der Waals surface area contributed by atoms with E-state index in [9.17, 15) is 13.6 Å². The summed E-state index contributed by atoms with van der Waals surface area (Å²) in [6.45, 7) is 0.0760. The SMILES string of the molecule is COc1c(C(=O)NN2CCC(F)(F)CC2)nn(-c2ccccc2Cl)c1-c1ccc(Cl)cc1. The molecule has 3 aromatic rings. The van der Waals surface area contributed by atoms with Crippen molar-refractivity contribution in [3.8, 4) is 22.7 Å². The third kappa shape index (κ3) is 4.57. The van der Waals surface area contributed by atoms with Crippen LogP contribution in [0.5, 0.6) is 5.75 Å². The molecule has 1 aliphatic rings. The Labute approximate surface area is 193 Å². The number of halogens is 4. The normalized spacial score (nSPS) is 16.0. The summed E-state index contributed by atoms with van der Waals surface area (Å²) < 4.78 is 34.0. The van der Waals surface area contributed by atoms with Crippen molar-refractivity contribution in [3.05, 3.63) is 64.3 Å². The number of aromatic nitrogens is 2. The smallest absolute Gasteiger partial charge is 0.289 e. The zero-order valence-corrected chi connectivity index (χ0v) is 18.6. The molecule has 1 amide bonds. The van der Waals surface area contributed by atoms with Crippen LogP contribution in [0.4, 0.5) is 8.78 Å². The second kappa shape index (κ2) is 9.05. The van der Waals surface area contributed by atoms with Crippen LogP contribution in [0.25, 0.3) is 16.9 Å². The molecule has 6 nitrogen and oxygen atoms in total. The van der Waals surface area contributed by atoms with E-state index in [2.05, 4.69) is 10.5 Å². The number of alkyl halides is 2. The van der Waals surface area contributed by atoms with E-state index in [1.54, 1.807) is 48.5 Å². The maximum Gasteiger partial charge on any atom is 0.289 e. The molecule has 2 heterocycles. The molecule has 32 heavy (non-hydrogen) atoms. The maximum atomic E-state index is 13.5. The minimum Gasteiger partial charge on any atom is -0.492 e. The van der Waals surface area contributed by atoms with Crippen molar-refractivity contribution in [3.63, 3.8) is 0 Å². The largest absolute Gasteiger partial charge is 0.492 e. The van der Waals surface area contributed by atoms with Gasteiger partial charge in [0, 0.05) is 36.5 Å². The van der Waals surface area contributed by atoms with E-state index in [1.807, 2.05) is 0 Å². The minimum atomic E-state index is -2.72. The highest BCUT2D eigenvalue weighted by atomic mass is 35.5. The second-order valence-corrected chi connectivity index (χ2v) is 8.23. The lowest BCUT2D eigenvalue weighted by molar-refractivity contribution is -0.0631. The number of nitrogens with one attached hydrogen (secondary N) is 1. The van der Waals surface area contributed by atoms with Crippen LogP contribution in [-0.2, 0) is 0 Å². The number of amides is 1. The number of ether oxygens (including phenoxy) is 1. The number of rotatable bonds is 5. The third-order valence-electron chi connectivity index (χ3n) is 5.21. The average Bonchev–Trinajstić information content (AvgIpc) is 3.15. The number of hydrogen-bond donors (Lipinski definition) is 1. The molecule has 0 aliphatic carbocycles. The molecule has 1 saturated heterocycles. The lowest BCUT2D eigenvalue weighted by Crippen LogP contribution is -2.49. The summed E-state index contributed by atoms with van der Waals surface area (Å²) in [4.78, 5) is 13.1. The molecule has 1 aromatic heterocycles. The van der Waals surface area contributed by atoms with Gasteiger partial charge in [-0.15, -0.1) is 0 Å². The molecule has 1 N–H and O–H groups in total. The van der Waals surface area contributed by atoms with Gasteiger partial charge in [0.2, 0.25) is 0 Å². The third-order valence-corrected chi connectivity index (χ3v) is 5.79. The van der Waals surface area contributed by atoms with Crippen molar-refractivity contribution in [1.29, 1.82) is 0 Å². The fourth-order valence-electron chi connectivity index (χ4n) is 3.55. The molecule has 10 heteroatoms. The molecule has 0 radical (unpaired) electrons. The van der Waals surface area contributed by atoms with Gasteiger partial charge in [0.15, 0.2) is 11.4 Å². The molecular formula is C22H20Cl2F2N4O2. The molecule has 2 aromatic carbocycles. The summed E-state index contributed by atoms with van der Waals surface area (Å²) in [6, 6.07) is 14.1. The number of hydrazine groups is 1. The van der Waals surface area contributed by atoms with Crippen LogP contribution in [-0.4, -0.2) is 46.8 Å². The molecule has 0 bridgehead atoms. The van der Waals surface area contributed by atoms with Gasteiger partial charge in [0.25, 0.3) is 11.8 Å². The van der Waals surface area contributed by atoms with Gasteiger partial charge in [-0.25, -0.2) is 18.5 Å². The highest BCUT2D eigenvalue weighted by Crippen LogP contribution is 2.37. The van der Waals surface area contributed by atoms with Crippen LogP contribution in [0.1, 0.15) is 23.3 Å². The number of nitrogens with zero attached hydrogens (tertiary/aromatic N) is 3. The standard InChI is InChI=1S/C22H20Cl2F2N4O2/c1-32-20-18(21(31)28-29-12-10-22(25,26)11-13-29)27-30(17-5-3-2-4-16(17)24)19(20)14-6-8-15(23)9-7-14/h2-9H,10-13H2,1H3,(H,28,31). The monoisotopic (exact) mass is 480 g/mol. The Balaban J connectivity index is 1.76.